The minimum atomic E-state index is 0.650. The summed E-state index contributed by atoms with van der Waals surface area (Å²) in [5, 5.41) is 8.02. The van der Waals surface area contributed by atoms with Crippen LogP contribution >= 0.6 is 11.6 Å². The molecule has 0 aliphatic rings. The second-order valence-electron chi connectivity index (χ2n) is 3.51. The molecule has 0 radical (unpaired) electrons. The maximum Gasteiger partial charge on any atom is 0.122 e. The molecule has 0 atom stereocenters. The van der Waals surface area contributed by atoms with E-state index in [0.717, 1.165) is 24.4 Å². The van der Waals surface area contributed by atoms with Crippen LogP contribution in [0.3, 0.4) is 0 Å². The largest absolute Gasteiger partial charge is 0.468 e. The molecule has 0 aliphatic carbocycles. The van der Waals surface area contributed by atoms with Crippen molar-refractivity contribution in [2.45, 2.75) is 20.0 Å². The van der Waals surface area contributed by atoms with Gasteiger partial charge in [-0.1, -0.05) is 18.5 Å². The van der Waals surface area contributed by atoms with Crippen molar-refractivity contribution >= 4 is 11.6 Å². The zero-order valence-electron chi connectivity index (χ0n) is 9.11. The van der Waals surface area contributed by atoms with Crippen LogP contribution in [0, 0.1) is 0 Å². The molecule has 0 spiro atoms. The lowest BCUT2D eigenvalue weighted by Crippen LogP contribution is -2.13. The molecule has 0 amide bonds. The van der Waals surface area contributed by atoms with E-state index in [2.05, 4.69) is 17.3 Å². The highest BCUT2D eigenvalue weighted by Crippen LogP contribution is 2.13. The molecule has 4 nitrogen and oxygen atoms in total. The van der Waals surface area contributed by atoms with Gasteiger partial charge in [-0.25, -0.2) is 0 Å². The molecule has 2 aromatic heterocycles. The molecular formula is C11H14ClN3O. The van der Waals surface area contributed by atoms with Crippen molar-refractivity contribution in [2.24, 2.45) is 0 Å². The fourth-order valence-corrected chi connectivity index (χ4v) is 1.66. The summed E-state index contributed by atoms with van der Waals surface area (Å²) in [6.45, 7) is 4.42. The van der Waals surface area contributed by atoms with Crippen LogP contribution in [0.1, 0.15) is 18.2 Å². The average Bonchev–Trinajstić information content (AvgIpc) is 2.86. The Morgan fingerprint density at radius 1 is 1.56 bits per heavy atom. The van der Waals surface area contributed by atoms with Gasteiger partial charge in [-0.05, 0) is 12.6 Å². The molecule has 2 aromatic rings. The Kier molecular flexibility index (Phi) is 3.64. The molecule has 2 rings (SSSR count). The molecule has 86 valence electrons. The lowest BCUT2D eigenvalue weighted by atomic mass is 10.2. The Morgan fingerprint density at radius 2 is 2.44 bits per heavy atom. The smallest absolute Gasteiger partial charge is 0.122 e. The molecule has 2 heterocycles. The Bertz CT molecular complexity index is 450. The van der Waals surface area contributed by atoms with Gasteiger partial charge < -0.3 is 9.73 Å². The monoisotopic (exact) mass is 239 g/mol. The van der Waals surface area contributed by atoms with Gasteiger partial charge in [-0.3, -0.25) is 4.68 Å². The Morgan fingerprint density at radius 3 is 3.12 bits per heavy atom. The van der Waals surface area contributed by atoms with Crippen LogP contribution < -0.4 is 5.32 Å². The van der Waals surface area contributed by atoms with E-state index in [1.165, 1.54) is 0 Å². The van der Waals surface area contributed by atoms with Crippen molar-refractivity contribution in [2.75, 3.05) is 6.54 Å². The predicted octanol–water partition coefficient (Wildman–Crippen LogP) is 2.29. The summed E-state index contributed by atoms with van der Waals surface area (Å²) in [6, 6.07) is 1.96. The van der Waals surface area contributed by atoms with Crippen LogP contribution in [-0.4, -0.2) is 16.3 Å². The zero-order chi connectivity index (χ0) is 11.4. The number of hydrogen-bond donors (Lipinski definition) is 1. The van der Waals surface area contributed by atoms with Crippen LogP contribution in [0.5, 0.6) is 0 Å². The first-order valence-corrected chi connectivity index (χ1v) is 5.61. The van der Waals surface area contributed by atoms with Gasteiger partial charge in [0.15, 0.2) is 0 Å². The fraction of sp³-hybridized carbons (Fsp3) is 0.364. The van der Waals surface area contributed by atoms with Crippen molar-refractivity contribution in [1.82, 2.24) is 15.1 Å². The first-order chi connectivity index (χ1) is 7.79. The Balaban J connectivity index is 2.06. The summed E-state index contributed by atoms with van der Waals surface area (Å²) in [7, 11) is 0. The molecule has 0 aliphatic heterocycles. The third-order valence-electron chi connectivity index (χ3n) is 2.31. The maximum absolute atomic E-state index is 5.80. The van der Waals surface area contributed by atoms with Crippen molar-refractivity contribution < 1.29 is 4.42 Å². The van der Waals surface area contributed by atoms with E-state index in [1.807, 2.05) is 6.07 Å². The molecule has 0 fully saturated rings. The van der Waals surface area contributed by atoms with Crippen molar-refractivity contribution in [3.05, 3.63) is 41.1 Å². The Labute approximate surface area is 99.2 Å². The second kappa shape index (κ2) is 5.18. The van der Waals surface area contributed by atoms with Gasteiger partial charge in [0.1, 0.15) is 5.76 Å². The van der Waals surface area contributed by atoms with Crippen molar-refractivity contribution in [1.29, 1.82) is 0 Å². The minimum absolute atomic E-state index is 0.650. The summed E-state index contributed by atoms with van der Waals surface area (Å²) in [5.41, 5.74) is 1.13. The summed E-state index contributed by atoms with van der Waals surface area (Å²) >= 11 is 5.80. The lowest BCUT2D eigenvalue weighted by Gasteiger charge is -2.03. The highest BCUT2D eigenvalue weighted by Gasteiger charge is 2.06. The first kappa shape index (κ1) is 11.2. The lowest BCUT2D eigenvalue weighted by molar-refractivity contribution is 0.479. The topological polar surface area (TPSA) is 43.0 Å². The summed E-state index contributed by atoms with van der Waals surface area (Å²) in [5.74, 6) is 0.952. The third kappa shape index (κ3) is 2.65. The van der Waals surface area contributed by atoms with Crippen LogP contribution in [0.4, 0.5) is 0 Å². The van der Waals surface area contributed by atoms with E-state index in [0.29, 0.717) is 11.6 Å². The van der Waals surface area contributed by atoms with Crippen LogP contribution in [-0.2, 0) is 13.1 Å². The van der Waals surface area contributed by atoms with Crippen LogP contribution in [0.2, 0.25) is 5.02 Å². The summed E-state index contributed by atoms with van der Waals surface area (Å²) < 4.78 is 7.20. The van der Waals surface area contributed by atoms with E-state index in [4.69, 9.17) is 16.0 Å². The van der Waals surface area contributed by atoms with E-state index in [9.17, 15) is 0 Å². The molecule has 16 heavy (non-hydrogen) atoms. The zero-order valence-corrected chi connectivity index (χ0v) is 9.87. The highest BCUT2D eigenvalue weighted by atomic mass is 35.5. The van der Waals surface area contributed by atoms with Gasteiger partial charge in [-0.2, -0.15) is 5.10 Å². The molecule has 0 bridgehead atoms. The fourth-order valence-electron chi connectivity index (χ4n) is 1.50. The average molecular weight is 240 g/mol. The Hall–Kier alpha value is -1.26. The van der Waals surface area contributed by atoms with Gasteiger partial charge in [0.2, 0.25) is 0 Å². The number of hydrogen-bond acceptors (Lipinski definition) is 3. The van der Waals surface area contributed by atoms with E-state index in [-0.39, 0.29) is 0 Å². The maximum atomic E-state index is 5.80. The molecule has 5 heteroatoms. The van der Waals surface area contributed by atoms with Crippen LogP contribution in [0.15, 0.2) is 29.1 Å². The van der Waals surface area contributed by atoms with E-state index in [1.54, 1.807) is 23.3 Å². The number of aromatic nitrogens is 2. The van der Waals surface area contributed by atoms with Crippen LogP contribution in [0.25, 0.3) is 0 Å². The number of nitrogens with zero attached hydrogens (tertiary/aromatic N) is 2. The number of nitrogens with one attached hydrogen (secondary N) is 1. The molecular weight excluding hydrogens is 226 g/mol. The van der Waals surface area contributed by atoms with E-state index >= 15 is 0 Å². The molecule has 0 aromatic carbocycles. The van der Waals surface area contributed by atoms with Gasteiger partial charge in [-0.15, -0.1) is 0 Å². The molecule has 0 unspecified atom stereocenters. The normalized spacial score (nSPS) is 10.9. The standard InChI is InChI=1S/C11H14ClN3O/c1-2-13-6-11-9(3-4-16-11)7-15-8-10(12)5-14-15/h3-5,8,13H,2,6-7H2,1H3. The van der Waals surface area contributed by atoms with Gasteiger partial charge in [0.25, 0.3) is 0 Å². The third-order valence-corrected chi connectivity index (χ3v) is 2.50. The highest BCUT2D eigenvalue weighted by molar-refractivity contribution is 6.30. The molecule has 1 N–H and O–H groups in total. The quantitative estimate of drug-likeness (QED) is 0.871. The minimum Gasteiger partial charge on any atom is -0.468 e. The summed E-state index contributed by atoms with van der Waals surface area (Å²) in [6.07, 6.45) is 5.13. The summed E-state index contributed by atoms with van der Waals surface area (Å²) in [4.78, 5) is 0. The number of furan rings is 1. The van der Waals surface area contributed by atoms with Crippen molar-refractivity contribution in [3.63, 3.8) is 0 Å². The molecule has 0 saturated heterocycles. The number of halogens is 1. The second-order valence-corrected chi connectivity index (χ2v) is 3.94. The first-order valence-electron chi connectivity index (χ1n) is 5.23. The number of rotatable bonds is 5. The predicted molar refractivity (Wildman–Crippen MR) is 62.4 cm³/mol. The van der Waals surface area contributed by atoms with E-state index < -0.39 is 0 Å². The van der Waals surface area contributed by atoms with Crippen molar-refractivity contribution in [3.8, 4) is 0 Å². The molecule has 0 saturated carbocycles. The SMILES string of the molecule is CCNCc1occc1Cn1cc(Cl)cn1. The van der Waals surface area contributed by atoms with Gasteiger partial charge in [0, 0.05) is 11.8 Å². The van der Waals surface area contributed by atoms with Gasteiger partial charge >= 0.3 is 0 Å². The van der Waals surface area contributed by atoms with Gasteiger partial charge in [0.05, 0.1) is 30.6 Å².